The summed E-state index contributed by atoms with van der Waals surface area (Å²) in [5.74, 6) is 2.28. The maximum absolute atomic E-state index is 7.37. The molecule has 0 aromatic heterocycles. The van der Waals surface area contributed by atoms with Crippen LogP contribution in [0, 0.1) is 23.2 Å². The van der Waals surface area contributed by atoms with E-state index in [2.05, 4.69) is 20.8 Å². The Labute approximate surface area is 91.5 Å². The lowest BCUT2D eigenvalue weighted by Gasteiger charge is -2.36. The first kappa shape index (κ1) is 11.9. The fraction of sp³-hybridized carbons (Fsp3) is 0.909. The number of hydrogen-bond acceptors (Lipinski definition) is 2. The highest BCUT2D eigenvalue weighted by Gasteiger charge is 2.31. The van der Waals surface area contributed by atoms with Crippen LogP contribution in [0.15, 0.2) is 0 Å². The molecule has 0 bridgehead atoms. The maximum atomic E-state index is 7.37. The third-order valence-electron chi connectivity index (χ3n) is 3.24. The Balaban J connectivity index is 2.58. The van der Waals surface area contributed by atoms with Crippen molar-refractivity contribution in [1.82, 2.24) is 0 Å². The highest BCUT2D eigenvalue weighted by molar-refractivity contribution is 8.14. The van der Waals surface area contributed by atoms with Gasteiger partial charge in [-0.2, -0.15) is 0 Å². The van der Waals surface area contributed by atoms with E-state index in [-0.39, 0.29) is 5.17 Å². The summed E-state index contributed by atoms with van der Waals surface area (Å²) in [6, 6.07) is 0. The van der Waals surface area contributed by atoms with Gasteiger partial charge in [-0.3, -0.25) is 5.41 Å². The summed E-state index contributed by atoms with van der Waals surface area (Å²) in [4.78, 5) is 0. The molecule has 0 radical (unpaired) electrons. The average molecular weight is 214 g/mol. The van der Waals surface area contributed by atoms with Crippen LogP contribution >= 0.6 is 11.8 Å². The molecular weight excluding hydrogens is 192 g/mol. The van der Waals surface area contributed by atoms with Crippen molar-refractivity contribution in [3.8, 4) is 0 Å². The minimum atomic E-state index is 0.287. The Hall–Kier alpha value is -0.180. The molecule has 0 unspecified atom stereocenters. The zero-order valence-electron chi connectivity index (χ0n) is 9.42. The van der Waals surface area contributed by atoms with Crippen LogP contribution in [-0.4, -0.2) is 10.4 Å². The second-order valence-electron chi connectivity index (χ2n) is 4.85. The summed E-state index contributed by atoms with van der Waals surface area (Å²) in [6.07, 6.45) is 3.88. The predicted molar refractivity (Wildman–Crippen MR) is 64.6 cm³/mol. The van der Waals surface area contributed by atoms with Gasteiger partial charge >= 0.3 is 0 Å². The first-order valence-electron chi connectivity index (χ1n) is 5.51. The number of hydrogen-bond donors (Lipinski definition) is 2. The Kier molecular flexibility index (Phi) is 4.30. The van der Waals surface area contributed by atoms with Crippen LogP contribution in [0.25, 0.3) is 0 Å². The molecule has 3 N–H and O–H groups in total. The third-order valence-corrected chi connectivity index (χ3v) is 4.34. The lowest BCUT2D eigenvalue weighted by Crippen LogP contribution is -2.31. The Morgan fingerprint density at radius 1 is 1.43 bits per heavy atom. The number of amidine groups is 1. The number of nitrogens with two attached hydrogens (primary N) is 1. The summed E-state index contributed by atoms with van der Waals surface area (Å²) in [6.45, 7) is 6.88. The molecule has 0 aromatic carbocycles. The van der Waals surface area contributed by atoms with Gasteiger partial charge < -0.3 is 5.73 Å². The highest BCUT2D eigenvalue weighted by Crippen LogP contribution is 2.39. The average Bonchev–Trinajstić information content (AvgIpc) is 2.01. The van der Waals surface area contributed by atoms with E-state index in [0.717, 1.165) is 17.8 Å². The van der Waals surface area contributed by atoms with Crippen LogP contribution < -0.4 is 5.73 Å². The molecule has 0 amide bonds. The van der Waals surface area contributed by atoms with Crippen LogP contribution in [0.4, 0.5) is 0 Å². The normalized spacial score (nSPS) is 33.3. The molecule has 0 aromatic rings. The van der Waals surface area contributed by atoms with Gasteiger partial charge in [0.1, 0.15) is 0 Å². The van der Waals surface area contributed by atoms with Gasteiger partial charge in [-0.1, -0.05) is 39.0 Å². The van der Waals surface area contributed by atoms with Gasteiger partial charge in [-0.15, -0.1) is 0 Å². The molecule has 0 aliphatic heterocycles. The van der Waals surface area contributed by atoms with Crippen LogP contribution in [0.2, 0.25) is 0 Å². The number of nitrogens with one attached hydrogen (secondary N) is 1. The largest absolute Gasteiger partial charge is 0.379 e. The SMILES string of the molecule is CC(C)[C@@H]1CC[C@@H](C)C[C@@H]1SC(=N)N. The van der Waals surface area contributed by atoms with E-state index in [1.54, 1.807) is 11.8 Å². The Bertz CT molecular complexity index is 203. The van der Waals surface area contributed by atoms with Crippen molar-refractivity contribution >= 4 is 16.9 Å². The minimum absolute atomic E-state index is 0.287. The van der Waals surface area contributed by atoms with Gasteiger partial charge in [0, 0.05) is 5.25 Å². The molecular formula is C11H22N2S. The fourth-order valence-corrected chi connectivity index (χ4v) is 3.79. The van der Waals surface area contributed by atoms with Gasteiger partial charge in [0.2, 0.25) is 0 Å². The molecule has 1 fully saturated rings. The van der Waals surface area contributed by atoms with Crippen molar-refractivity contribution in [3.05, 3.63) is 0 Å². The van der Waals surface area contributed by atoms with Crippen LogP contribution in [-0.2, 0) is 0 Å². The summed E-state index contributed by atoms with van der Waals surface area (Å²) in [5.41, 5.74) is 5.48. The van der Waals surface area contributed by atoms with Crippen molar-refractivity contribution in [2.24, 2.45) is 23.5 Å². The van der Waals surface area contributed by atoms with Gasteiger partial charge in [0.05, 0.1) is 0 Å². The molecule has 14 heavy (non-hydrogen) atoms. The summed E-state index contributed by atoms with van der Waals surface area (Å²) < 4.78 is 0. The van der Waals surface area contributed by atoms with Crippen LogP contribution in [0.1, 0.15) is 40.0 Å². The van der Waals surface area contributed by atoms with Gasteiger partial charge in [0.15, 0.2) is 5.17 Å². The first-order valence-corrected chi connectivity index (χ1v) is 6.39. The fourth-order valence-electron chi connectivity index (χ4n) is 2.41. The first-order chi connectivity index (χ1) is 6.50. The van der Waals surface area contributed by atoms with Gasteiger partial charge in [-0.05, 0) is 30.6 Å². The Morgan fingerprint density at radius 2 is 2.07 bits per heavy atom. The molecule has 3 heteroatoms. The second-order valence-corrected chi connectivity index (χ2v) is 6.13. The van der Waals surface area contributed by atoms with Gasteiger partial charge in [0.25, 0.3) is 0 Å². The molecule has 0 spiro atoms. The van der Waals surface area contributed by atoms with Crippen molar-refractivity contribution in [1.29, 1.82) is 5.41 Å². The molecule has 82 valence electrons. The molecule has 1 saturated carbocycles. The summed E-state index contributed by atoms with van der Waals surface area (Å²) >= 11 is 1.58. The van der Waals surface area contributed by atoms with E-state index in [9.17, 15) is 0 Å². The smallest absolute Gasteiger partial charge is 0.151 e. The van der Waals surface area contributed by atoms with Crippen LogP contribution in [0.3, 0.4) is 0 Å². The molecule has 1 rings (SSSR count). The quantitative estimate of drug-likeness (QED) is 0.548. The predicted octanol–water partition coefficient (Wildman–Crippen LogP) is 3.07. The van der Waals surface area contributed by atoms with Crippen molar-refractivity contribution in [3.63, 3.8) is 0 Å². The van der Waals surface area contributed by atoms with Gasteiger partial charge in [-0.25, -0.2) is 0 Å². The third kappa shape index (κ3) is 3.19. The van der Waals surface area contributed by atoms with Crippen molar-refractivity contribution in [2.75, 3.05) is 0 Å². The lowest BCUT2D eigenvalue weighted by molar-refractivity contribution is 0.245. The van der Waals surface area contributed by atoms with Crippen LogP contribution in [0.5, 0.6) is 0 Å². The lowest BCUT2D eigenvalue weighted by atomic mass is 9.77. The van der Waals surface area contributed by atoms with E-state index >= 15 is 0 Å². The van der Waals surface area contributed by atoms with E-state index in [0.29, 0.717) is 5.25 Å². The van der Waals surface area contributed by atoms with E-state index in [4.69, 9.17) is 11.1 Å². The molecule has 0 heterocycles. The molecule has 1 aliphatic carbocycles. The zero-order chi connectivity index (χ0) is 10.7. The number of thioether (sulfide) groups is 1. The van der Waals surface area contributed by atoms with Crippen molar-refractivity contribution < 1.29 is 0 Å². The molecule has 3 atom stereocenters. The molecule has 0 saturated heterocycles. The summed E-state index contributed by atoms with van der Waals surface area (Å²) in [7, 11) is 0. The summed E-state index contributed by atoms with van der Waals surface area (Å²) in [5, 5.41) is 8.23. The maximum Gasteiger partial charge on any atom is 0.151 e. The number of rotatable bonds is 2. The van der Waals surface area contributed by atoms with E-state index < -0.39 is 0 Å². The molecule has 2 nitrogen and oxygen atoms in total. The highest BCUT2D eigenvalue weighted by atomic mass is 32.2. The topological polar surface area (TPSA) is 49.9 Å². The minimum Gasteiger partial charge on any atom is -0.379 e. The molecule has 1 aliphatic rings. The van der Waals surface area contributed by atoms with E-state index in [1.807, 2.05) is 0 Å². The second kappa shape index (κ2) is 5.06. The monoisotopic (exact) mass is 214 g/mol. The Morgan fingerprint density at radius 3 is 2.57 bits per heavy atom. The standard InChI is InChI=1S/C11H22N2S/c1-7(2)9-5-4-8(3)6-10(9)14-11(12)13/h7-10H,4-6H2,1-3H3,(H3,12,13)/t8-,9+,10+/m1/s1. The van der Waals surface area contributed by atoms with E-state index in [1.165, 1.54) is 19.3 Å². The zero-order valence-corrected chi connectivity index (χ0v) is 10.2. The van der Waals surface area contributed by atoms with Crippen molar-refractivity contribution in [2.45, 2.75) is 45.3 Å².